The maximum absolute atomic E-state index is 13.6. The van der Waals surface area contributed by atoms with Gasteiger partial charge in [0.1, 0.15) is 17.5 Å². The second kappa shape index (κ2) is 11.4. The van der Waals surface area contributed by atoms with E-state index in [1.807, 2.05) is 24.4 Å². The number of benzene rings is 2. The highest BCUT2D eigenvalue weighted by Crippen LogP contribution is 2.35. The number of fused-ring (bicyclic) bond motifs is 1. The number of amides is 2. The summed E-state index contributed by atoms with van der Waals surface area (Å²) >= 11 is 0. The third kappa shape index (κ3) is 5.83. The molecular formula is C29H25F2N5O4. The number of rotatable bonds is 9. The van der Waals surface area contributed by atoms with Gasteiger partial charge < -0.3 is 25.7 Å². The molecule has 2 atom stereocenters. The monoisotopic (exact) mass is 545 g/mol. The van der Waals surface area contributed by atoms with Crippen LogP contribution in [0.1, 0.15) is 27.0 Å². The zero-order valence-electron chi connectivity index (χ0n) is 21.1. The van der Waals surface area contributed by atoms with Crippen LogP contribution in [0, 0.1) is 17.6 Å². The minimum absolute atomic E-state index is 0.00352. The van der Waals surface area contributed by atoms with Crippen LogP contribution >= 0.6 is 0 Å². The summed E-state index contributed by atoms with van der Waals surface area (Å²) in [5, 5.41) is 5.98. The van der Waals surface area contributed by atoms with E-state index in [2.05, 4.69) is 15.6 Å². The van der Waals surface area contributed by atoms with Crippen LogP contribution in [-0.4, -0.2) is 35.4 Å². The van der Waals surface area contributed by atoms with E-state index in [1.165, 1.54) is 29.0 Å². The molecule has 0 radical (unpaired) electrons. The molecule has 0 fully saturated rings. The fourth-order valence-corrected chi connectivity index (χ4v) is 4.59. The summed E-state index contributed by atoms with van der Waals surface area (Å²) in [5.41, 5.74) is 7.35. The number of carbonyl (C=O) groups is 2. The van der Waals surface area contributed by atoms with Gasteiger partial charge >= 0.3 is 0 Å². The highest BCUT2D eigenvalue weighted by atomic mass is 19.2. The van der Waals surface area contributed by atoms with Crippen LogP contribution in [0.15, 0.2) is 82.9 Å². The van der Waals surface area contributed by atoms with Crippen molar-refractivity contribution in [3.63, 3.8) is 0 Å². The smallest absolute Gasteiger partial charge is 0.263 e. The minimum atomic E-state index is -1.02. The predicted octanol–water partition coefficient (Wildman–Crippen LogP) is 2.50. The molecule has 40 heavy (non-hydrogen) atoms. The Kier molecular flexibility index (Phi) is 7.54. The molecule has 9 nitrogen and oxygen atoms in total. The summed E-state index contributed by atoms with van der Waals surface area (Å²) in [5.74, 6) is -2.86. The van der Waals surface area contributed by atoms with Crippen molar-refractivity contribution in [3.05, 3.63) is 117 Å². The fourth-order valence-electron chi connectivity index (χ4n) is 4.59. The number of aromatic nitrogens is 1. The molecule has 2 aliphatic heterocycles. The topological polar surface area (TPSA) is 128 Å². The lowest BCUT2D eigenvalue weighted by molar-refractivity contribution is -0.119. The first kappa shape index (κ1) is 26.5. The van der Waals surface area contributed by atoms with Gasteiger partial charge in [0.2, 0.25) is 0 Å². The van der Waals surface area contributed by atoms with Crippen LogP contribution in [0.25, 0.3) is 5.57 Å². The number of hydrogen-bond acceptors (Lipinski definition) is 6. The van der Waals surface area contributed by atoms with Crippen molar-refractivity contribution < 1.29 is 23.1 Å². The lowest BCUT2D eigenvalue weighted by Crippen LogP contribution is -2.32. The lowest BCUT2D eigenvalue weighted by Gasteiger charge is -2.19. The highest BCUT2D eigenvalue weighted by Gasteiger charge is 2.29. The van der Waals surface area contributed by atoms with E-state index < -0.39 is 29.0 Å². The molecule has 0 spiro atoms. The van der Waals surface area contributed by atoms with Gasteiger partial charge in [0.05, 0.1) is 6.54 Å². The first-order chi connectivity index (χ1) is 19.3. The lowest BCUT2D eigenvalue weighted by atomic mass is 9.91. The number of pyridine rings is 1. The van der Waals surface area contributed by atoms with Crippen LogP contribution < -0.4 is 26.7 Å². The van der Waals surface area contributed by atoms with Crippen molar-refractivity contribution in [1.82, 2.24) is 15.2 Å². The van der Waals surface area contributed by atoms with Gasteiger partial charge in [0.25, 0.3) is 17.4 Å². The van der Waals surface area contributed by atoms with Gasteiger partial charge in [-0.05, 0) is 70.8 Å². The minimum Gasteiger partial charge on any atom is -0.484 e. The number of dihydropyridines is 1. The Labute approximate surface area is 227 Å². The van der Waals surface area contributed by atoms with Crippen molar-refractivity contribution >= 4 is 23.6 Å². The Hall–Kier alpha value is -5.06. The first-order valence-corrected chi connectivity index (χ1v) is 12.4. The van der Waals surface area contributed by atoms with Gasteiger partial charge in [0.15, 0.2) is 18.2 Å². The summed E-state index contributed by atoms with van der Waals surface area (Å²) in [7, 11) is 0. The maximum atomic E-state index is 13.6. The van der Waals surface area contributed by atoms with E-state index in [0.29, 0.717) is 16.9 Å². The zero-order valence-corrected chi connectivity index (χ0v) is 21.1. The maximum Gasteiger partial charge on any atom is 0.263 e. The van der Waals surface area contributed by atoms with Gasteiger partial charge in [-0.1, -0.05) is 12.1 Å². The van der Waals surface area contributed by atoms with E-state index in [1.54, 1.807) is 18.3 Å². The number of nitrogens with zero attached hydrogens (tertiary/aromatic N) is 2. The standard InChI is InChI=1S/C29H25F2N5O4/c30-24-6-5-17(11-25(24)31)15-36-8-2-4-22(29(36)39)28(38)35-13-18-9-19(12-20(10-18)40-16-26(32)37)23-14-34-27-21(23)3-1-7-33-27/h1-12,14,21,27,34H,13,15-16H2,(H2,32,37)(H,35,38). The molecule has 4 N–H and O–H groups in total. The molecule has 0 saturated carbocycles. The molecule has 204 valence electrons. The highest BCUT2D eigenvalue weighted by molar-refractivity contribution is 5.93. The van der Waals surface area contributed by atoms with Crippen LogP contribution in [-0.2, 0) is 17.9 Å². The summed E-state index contributed by atoms with van der Waals surface area (Å²) in [6, 6.07) is 11.6. The molecule has 3 heterocycles. The molecule has 0 bridgehead atoms. The van der Waals surface area contributed by atoms with Gasteiger partial charge in [-0.15, -0.1) is 0 Å². The van der Waals surface area contributed by atoms with Gasteiger partial charge in [-0.2, -0.15) is 0 Å². The summed E-state index contributed by atoms with van der Waals surface area (Å²) in [6.07, 6.45) is 8.85. The summed E-state index contributed by atoms with van der Waals surface area (Å²) < 4.78 is 33.7. The Morgan fingerprint density at radius 3 is 2.75 bits per heavy atom. The molecule has 11 heteroatoms. The van der Waals surface area contributed by atoms with E-state index in [0.717, 1.165) is 23.3 Å². The SMILES string of the molecule is NC(=O)COc1cc(CNC(=O)c2cccn(Cc3ccc(F)c(F)c3)c2=O)cc(C2=CNC3N=CC=CC23)c1. The molecule has 2 aliphatic rings. The van der Waals surface area contributed by atoms with E-state index in [-0.39, 0.29) is 37.3 Å². The quantitative estimate of drug-likeness (QED) is 0.381. The number of halogens is 2. The average Bonchev–Trinajstić information content (AvgIpc) is 3.38. The number of nitrogens with two attached hydrogens (primary N) is 1. The Bertz CT molecular complexity index is 1630. The molecule has 0 aliphatic carbocycles. The van der Waals surface area contributed by atoms with Crippen LogP contribution in [0.4, 0.5) is 8.78 Å². The number of carbonyl (C=O) groups excluding carboxylic acids is 2. The van der Waals surface area contributed by atoms with Crippen LogP contribution in [0.3, 0.4) is 0 Å². The molecule has 3 aromatic rings. The van der Waals surface area contributed by atoms with E-state index in [4.69, 9.17) is 10.5 Å². The average molecular weight is 546 g/mol. The number of nitrogens with one attached hydrogen (secondary N) is 2. The number of allylic oxidation sites excluding steroid dienone is 1. The molecule has 2 aromatic carbocycles. The number of primary amides is 1. The third-order valence-electron chi connectivity index (χ3n) is 6.50. The van der Waals surface area contributed by atoms with Crippen LogP contribution in [0.2, 0.25) is 0 Å². The predicted molar refractivity (Wildman–Crippen MR) is 144 cm³/mol. The second-order valence-electron chi connectivity index (χ2n) is 9.33. The molecule has 2 unspecified atom stereocenters. The van der Waals surface area contributed by atoms with Gasteiger partial charge in [0, 0.05) is 31.1 Å². The number of hydrogen-bond donors (Lipinski definition) is 3. The molecule has 2 amide bonds. The molecule has 5 rings (SSSR count). The van der Waals surface area contributed by atoms with Crippen LogP contribution in [0.5, 0.6) is 5.75 Å². The summed E-state index contributed by atoms with van der Waals surface area (Å²) in [4.78, 5) is 41.7. The van der Waals surface area contributed by atoms with Gasteiger partial charge in [-0.25, -0.2) is 8.78 Å². The summed E-state index contributed by atoms with van der Waals surface area (Å²) in [6.45, 7) is -0.298. The van der Waals surface area contributed by atoms with Crippen molar-refractivity contribution in [2.45, 2.75) is 19.3 Å². The van der Waals surface area contributed by atoms with Crippen molar-refractivity contribution in [2.24, 2.45) is 16.6 Å². The largest absolute Gasteiger partial charge is 0.484 e. The van der Waals surface area contributed by atoms with Crippen molar-refractivity contribution in [1.29, 1.82) is 0 Å². The molecule has 1 aromatic heterocycles. The molecular weight excluding hydrogens is 520 g/mol. The number of aliphatic imine (C=N–C) groups is 1. The number of ether oxygens (including phenoxy) is 1. The van der Waals surface area contributed by atoms with Crippen molar-refractivity contribution in [3.8, 4) is 5.75 Å². The Balaban J connectivity index is 1.35. The Morgan fingerprint density at radius 1 is 1.10 bits per heavy atom. The van der Waals surface area contributed by atoms with Crippen molar-refractivity contribution in [2.75, 3.05) is 6.61 Å². The second-order valence-corrected chi connectivity index (χ2v) is 9.33. The van der Waals surface area contributed by atoms with E-state index >= 15 is 0 Å². The van der Waals surface area contributed by atoms with E-state index in [9.17, 15) is 23.2 Å². The fraction of sp³-hybridized carbons (Fsp3) is 0.172. The van der Waals surface area contributed by atoms with Gasteiger partial charge in [-0.3, -0.25) is 19.4 Å². The zero-order chi connectivity index (χ0) is 28.2. The third-order valence-corrected chi connectivity index (χ3v) is 6.50. The molecule has 0 saturated heterocycles. The Morgan fingerprint density at radius 2 is 1.95 bits per heavy atom. The first-order valence-electron chi connectivity index (χ1n) is 12.4. The normalized spacial score (nSPS) is 17.1.